The van der Waals surface area contributed by atoms with E-state index in [4.69, 9.17) is 0 Å². The van der Waals surface area contributed by atoms with Crippen molar-refractivity contribution in [3.05, 3.63) is 34.3 Å². The average Bonchev–Trinajstić information content (AvgIpc) is 2.40. The van der Waals surface area contributed by atoms with Gasteiger partial charge in [-0.05, 0) is 37.4 Å². The molecule has 0 bridgehead atoms. The molecule has 1 saturated carbocycles. The molecule has 0 aliphatic heterocycles. The minimum Gasteiger partial charge on any atom is -0.316 e. The van der Waals surface area contributed by atoms with Gasteiger partial charge in [0.05, 0.1) is 0 Å². The van der Waals surface area contributed by atoms with Gasteiger partial charge in [-0.1, -0.05) is 60.3 Å². The van der Waals surface area contributed by atoms with Gasteiger partial charge in [0, 0.05) is 16.4 Å². The number of benzene rings is 1. The summed E-state index contributed by atoms with van der Waals surface area (Å²) in [6.07, 6.45) is 8.01. The zero-order chi connectivity index (χ0) is 12.8. The molecule has 1 nitrogen and oxygen atoms in total. The molecule has 1 fully saturated rings. The van der Waals surface area contributed by atoms with E-state index in [0.29, 0.717) is 5.41 Å². The maximum Gasteiger partial charge on any atom is 0.0213 e. The molecule has 0 heterocycles. The summed E-state index contributed by atoms with van der Waals surface area (Å²) in [6.45, 7) is 4.49. The highest BCUT2D eigenvalue weighted by molar-refractivity contribution is 9.10. The van der Waals surface area contributed by atoms with Crippen molar-refractivity contribution >= 4 is 15.9 Å². The fourth-order valence-corrected chi connectivity index (χ4v) is 3.87. The van der Waals surface area contributed by atoms with Gasteiger partial charge in [0.15, 0.2) is 0 Å². The minimum absolute atomic E-state index is 0.355. The molecule has 1 aliphatic rings. The SMILES string of the molecule is CCCNCC1(c2ccccc2Br)CCCCC1. The van der Waals surface area contributed by atoms with Crippen LogP contribution in [0.15, 0.2) is 28.7 Å². The van der Waals surface area contributed by atoms with E-state index in [1.54, 1.807) is 0 Å². The Bertz CT molecular complexity index is 369. The lowest BCUT2D eigenvalue weighted by molar-refractivity contribution is 0.279. The summed E-state index contributed by atoms with van der Waals surface area (Å²) in [6, 6.07) is 8.79. The van der Waals surface area contributed by atoms with Gasteiger partial charge in [-0.2, -0.15) is 0 Å². The van der Waals surface area contributed by atoms with Crippen LogP contribution in [0.2, 0.25) is 0 Å². The van der Waals surface area contributed by atoms with Crippen LogP contribution in [0.3, 0.4) is 0 Å². The summed E-state index contributed by atoms with van der Waals surface area (Å²) in [5.41, 5.74) is 1.86. The zero-order valence-electron chi connectivity index (χ0n) is 11.3. The van der Waals surface area contributed by atoms with Gasteiger partial charge in [0.2, 0.25) is 0 Å². The van der Waals surface area contributed by atoms with Gasteiger partial charge >= 0.3 is 0 Å². The third-order valence-electron chi connectivity index (χ3n) is 4.15. The zero-order valence-corrected chi connectivity index (χ0v) is 12.9. The second kappa shape index (κ2) is 6.72. The highest BCUT2D eigenvalue weighted by Crippen LogP contribution is 2.41. The van der Waals surface area contributed by atoms with Crippen molar-refractivity contribution in [2.45, 2.75) is 50.9 Å². The Labute approximate surface area is 119 Å². The van der Waals surface area contributed by atoms with Crippen molar-refractivity contribution in [1.82, 2.24) is 5.32 Å². The Morgan fingerprint density at radius 1 is 1.17 bits per heavy atom. The Morgan fingerprint density at radius 3 is 2.56 bits per heavy atom. The molecule has 1 N–H and O–H groups in total. The van der Waals surface area contributed by atoms with E-state index in [9.17, 15) is 0 Å². The molecule has 0 atom stereocenters. The van der Waals surface area contributed by atoms with E-state index in [0.717, 1.165) is 13.1 Å². The molecule has 1 aliphatic carbocycles. The standard InChI is InChI=1S/C16H24BrN/c1-2-12-18-13-16(10-6-3-7-11-16)14-8-4-5-9-15(14)17/h4-5,8-9,18H,2-3,6-7,10-13H2,1H3. The van der Waals surface area contributed by atoms with Crippen LogP contribution in [-0.4, -0.2) is 13.1 Å². The first-order valence-electron chi connectivity index (χ1n) is 7.24. The molecule has 2 heteroatoms. The molecule has 0 unspecified atom stereocenters. The Hall–Kier alpha value is -0.340. The molecule has 0 spiro atoms. The van der Waals surface area contributed by atoms with Crippen molar-refractivity contribution in [2.75, 3.05) is 13.1 Å². The third-order valence-corrected chi connectivity index (χ3v) is 4.84. The van der Waals surface area contributed by atoms with Crippen LogP contribution in [0, 0.1) is 0 Å². The first-order chi connectivity index (χ1) is 8.78. The van der Waals surface area contributed by atoms with Gasteiger partial charge in [-0.25, -0.2) is 0 Å². The van der Waals surface area contributed by atoms with Gasteiger partial charge < -0.3 is 5.32 Å². The maximum atomic E-state index is 3.75. The van der Waals surface area contributed by atoms with Crippen molar-refractivity contribution in [1.29, 1.82) is 0 Å². The van der Waals surface area contributed by atoms with Crippen molar-refractivity contribution < 1.29 is 0 Å². The largest absolute Gasteiger partial charge is 0.316 e. The fraction of sp³-hybridized carbons (Fsp3) is 0.625. The quantitative estimate of drug-likeness (QED) is 0.781. The molecule has 100 valence electrons. The summed E-state index contributed by atoms with van der Waals surface area (Å²) in [4.78, 5) is 0. The average molecular weight is 310 g/mol. The Kier molecular flexibility index (Phi) is 5.25. The topological polar surface area (TPSA) is 12.0 Å². The lowest BCUT2D eigenvalue weighted by atomic mass is 9.69. The molecule has 2 rings (SSSR count). The van der Waals surface area contributed by atoms with E-state index >= 15 is 0 Å². The third kappa shape index (κ3) is 3.16. The number of rotatable bonds is 5. The molecule has 0 amide bonds. The van der Waals surface area contributed by atoms with E-state index in [-0.39, 0.29) is 0 Å². The first-order valence-corrected chi connectivity index (χ1v) is 8.03. The first kappa shape index (κ1) is 14.1. The lowest BCUT2D eigenvalue weighted by Crippen LogP contribution is -2.40. The summed E-state index contributed by atoms with van der Waals surface area (Å²) >= 11 is 3.75. The van der Waals surface area contributed by atoms with Crippen molar-refractivity contribution in [2.24, 2.45) is 0 Å². The molecule has 1 aromatic rings. The normalized spacial score (nSPS) is 18.8. The fourth-order valence-electron chi connectivity index (χ4n) is 3.17. The number of hydrogen-bond acceptors (Lipinski definition) is 1. The molecule has 1 aromatic carbocycles. The minimum atomic E-state index is 0.355. The summed E-state index contributed by atoms with van der Waals surface area (Å²) in [5, 5.41) is 3.65. The van der Waals surface area contributed by atoms with Gasteiger partial charge in [-0.15, -0.1) is 0 Å². The van der Waals surface area contributed by atoms with Crippen LogP contribution < -0.4 is 5.32 Å². The van der Waals surface area contributed by atoms with Crippen molar-refractivity contribution in [3.8, 4) is 0 Å². The van der Waals surface area contributed by atoms with E-state index in [1.807, 2.05) is 0 Å². The summed E-state index contributed by atoms with van der Waals surface area (Å²) in [7, 11) is 0. The number of nitrogens with one attached hydrogen (secondary N) is 1. The Balaban J connectivity index is 2.21. The van der Waals surface area contributed by atoms with Crippen LogP contribution >= 0.6 is 15.9 Å². The monoisotopic (exact) mass is 309 g/mol. The number of hydrogen-bond donors (Lipinski definition) is 1. The lowest BCUT2D eigenvalue weighted by Gasteiger charge is -2.39. The van der Waals surface area contributed by atoms with E-state index < -0.39 is 0 Å². The van der Waals surface area contributed by atoms with Crippen LogP contribution in [0.5, 0.6) is 0 Å². The summed E-state index contributed by atoms with van der Waals surface area (Å²) in [5.74, 6) is 0. The molecule has 0 aromatic heterocycles. The van der Waals surface area contributed by atoms with Crippen molar-refractivity contribution in [3.63, 3.8) is 0 Å². The second-order valence-electron chi connectivity index (χ2n) is 5.50. The predicted octanol–water partition coefficient (Wildman–Crippen LogP) is 4.65. The molecule has 18 heavy (non-hydrogen) atoms. The molecule has 0 saturated heterocycles. The number of halogens is 1. The maximum absolute atomic E-state index is 3.75. The van der Waals surface area contributed by atoms with Crippen LogP contribution in [0.1, 0.15) is 51.0 Å². The van der Waals surface area contributed by atoms with Gasteiger partial charge in [0.25, 0.3) is 0 Å². The van der Waals surface area contributed by atoms with E-state index in [1.165, 1.54) is 48.6 Å². The van der Waals surface area contributed by atoms with E-state index in [2.05, 4.69) is 52.4 Å². The van der Waals surface area contributed by atoms with Crippen LogP contribution in [-0.2, 0) is 5.41 Å². The Morgan fingerprint density at radius 2 is 1.89 bits per heavy atom. The smallest absolute Gasteiger partial charge is 0.0213 e. The van der Waals surface area contributed by atoms with Crippen LogP contribution in [0.4, 0.5) is 0 Å². The highest BCUT2D eigenvalue weighted by Gasteiger charge is 2.34. The molecular weight excluding hydrogens is 286 g/mol. The van der Waals surface area contributed by atoms with Crippen LogP contribution in [0.25, 0.3) is 0 Å². The molecular formula is C16H24BrN. The van der Waals surface area contributed by atoms with Gasteiger partial charge in [0.1, 0.15) is 0 Å². The second-order valence-corrected chi connectivity index (χ2v) is 6.35. The summed E-state index contributed by atoms with van der Waals surface area (Å²) < 4.78 is 1.28. The molecule has 0 radical (unpaired) electrons. The highest BCUT2D eigenvalue weighted by atomic mass is 79.9. The van der Waals surface area contributed by atoms with Gasteiger partial charge in [-0.3, -0.25) is 0 Å². The predicted molar refractivity (Wildman–Crippen MR) is 82.1 cm³/mol.